The summed E-state index contributed by atoms with van der Waals surface area (Å²) in [4.78, 5) is 24.1. The zero-order chi connectivity index (χ0) is 15.1. The maximum Gasteiger partial charge on any atom is 0.352 e. The molecule has 7 heteroatoms. The van der Waals surface area contributed by atoms with Crippen LogP contribution in [0, 0.1) is 0 Å². The first kappa shape index (κ1) is 15.4. The zero-order valence-electron chi connectivity index (χ0n) is 11.9. The van der Waals surface area contributed by atoms with Crippen LogP contribution in [0.3, 0.4) is 0 Å². The van der Waals surface area contributed by atoms with E-state index in [0.29, 0.717) is 16.7 Å². The molecule has 6 nitrogen and oxygen atoms in total. The first-order chi connectivity index (χ1) is 10.2. The van der Waals surface area contributed by atoms with Crippen LogP contribution < -0.4 is 11.0 Å². The van der Waals surface area contributed by atoms with E-state index >= 15 is 0 Å². The van der Waals surface area contributed by atoms with E-state index in [9.17, 15) is 4.79 Å². The van der Waals surface area contributed by atoms with Gasteiger partial charge in [-0.1, -0.05) is 31.4 Å². The Labute approximate surface area is 128 Å². The molecule has 0 amide bonds. The van der Waals surface area contributed by atoms with E-state index in [0.717, 1.165) is 25.8 Å². The highest BCUT2D eigenvalue weighted by Gasteiger charge is 2.06. The molecule has 0 radical (unpaired) electrons. The fraction of sp³-hybridized carbons (Fsp3) is 0.429. The average molecular weight is 308 g/mol. The second kappa shape index (κ2) is 7.73. The van der Waals surface area contributed by atoms with Gasteiger partial charge in [0, 0.05) is 12.7 Å². The molecule has 0 aromatic carbocycles. The van der Waals surface area contributed by atoms with E-state index in [1.807, 2.05) is 0 Å². The van der Waals surface area contributed by atoms with Crippen LogP contribution >= 0.6 is 11.6 Å². The van der Waals surface area contributed by atoms with E-state index in [1.54, 1.807) is 18.3 Å². The van der Waals surface area contributed by atoms with Crippen LogP contribution in [0.15, 0.2) is 29.5 Å². The van der Waals surface area contributed by atoms with Gasteiger partial charge in [0.2, 0.25) is 5.95 Å². The number of nitrogens with zero attached hydrogens (tertiary/aromatic N) is 4. The molecule has 21 heavy (non-hydrogen) atoms. The van der Waals surface area contributed by atoms with Crippen molar-refractivity contribution in [3.05, 3.63) is 45.9 Å². The molecular weight excluding hydrogens is 290 g/mol. The minimum Gasteiger partial charge on any atom is -0.354 e. The molecule has 0 unspecified atom stereocenters. The number of pyridine rings is 1. The SMILES string of the molecule is CCCCCNc1ncn(Cc2ncccc2Cl)c(=O)n1. The Morgan fingerprint density at radius 2 is 2.19 bits per heavy atom. The number of hydrogen-bond acceptors (Lipinski definition) is 5. The molecule has 0 aliphatic carbocycles. The van der Waals surface area contributed by atoms with E-state index in [2.05, 4.69) is 27.2 Å². The molecular formula is C14H18ClN5O. The summed E-state index contributed by atoms with van der Waals surface area (Å²) in [5, 5.41) is 3.57. The monoisotopic (exact) mass is 307 g/mol. The van der Waals surface area contributed by atoms with Crippen molar-refractivity contribution in [1.29, 1.82) is 0 Å². The quantitative estimate of drug-likeness (QED) is 0.795. The summed E-state index contributed by atoms with van der Waals surface area (Å²) >= 11 is 6.02. The largest absolute Gasteiger partial charge is 0.354 e. The lowest BCUT2D eigenvalue weighted by Crippen LogP contribution is -2.26. The van der Waals surface area contributed by atoms with Crippen LogP contribution in [0.2, 0.25) is 5.02 Å². The van der Waals surface area contributed by atoms with Gasteiger partial charge in [-0.15, -0.1) is 0 Å². The third-order valence-corrected chi connectivity index (χ3v) is 3.33. The van der Waals surface area contributed by atoms with Crippen molar-refractivity contribution in [3.63, 3.8) is 0 Å². The van der Waals surface area contributed by atoms with Crippen LogP contribution in [0.25, 0.3) is 0 Å². The van der Waals surface area contributed by atoms with Crippen molar-refractivity contribution in [2.75, 3.05) is 11.9 Å². The van der Waals surface area contributed by atoms with E-state index < -0.39 is 0 Å². The highest BCUT2D eigenvalue weighted by atomic mass is 35.5. The molecule has 0 bridgehead atoms. The minimum absolute atomic E-state index is 0.259. The van der Waals surface area contributed by atoms with Gasteiger partial charge < -0.3 is 5.32 Å². The number of aromatic nitrogens is 4. The maximum absolute atomic E-state index is 11.9. The summed E-state index contributed by atoms with van der Waals surface area (Å²) < 4.78 is 1.38. The molecule has 2 heterocycles. The van der Waals surface area contributed by atoms with Gasteiger partial charge in [0.05, 0.1) is 17.3 Å². The molecule has 2 rings (SSSR count). The number of hydrogen-bond donors (Lipinski definition) is 1. The minimum atomic E-state index is -0.371. The van der Waals surface area contributed by atoms with Gasteiger partial charge in [-0.05, 0) is 18.6 Å². The van der Waals surface area contributed by atoms with Gasteiger partial charge in [-0.2, -0.15) is 4.98 Å². The average Bonchev–Trinajstić information content (AvgIpc) is 2.48. The number of anilines is 1. The fourth-order valence-electron chi connectivity index (χ4n) is 1.82. The van der Waals surface area contributed by atoms with Crippen LogP contribution in [0.5, 0.6) is 0 Å². The van der Waals surface area contributed by atoms with Crippen molar-refractivity contribution in [1.82, 2.24) is 19.5 Å². The highest BCUT2D eigenvalue weighted by molar-refractivity contribution is 6.31. The Balaban J connectivity index is 2.02. The molecule has 2 aromatic rings. The Morgan fingerprint density at radius 3 is 2.90 bits per heavy atom. The molecule has 0 spiro atoms. The van der Waals surface area contributed by atoms with Crippen molar-refractivity contribution >= 4 is 17.5 Å². The lowest BCUT2D eigenvalue weighted by Gasteiger charge is -2.07. The number of rotatable bonds is 7. The number of unbranched alkanes of at least 4 members (excludes halogenated alkanes) is 2. The number of nitrogens with one attached hydrogen (secondary N) is 1. The predicted molar refractivity (Wildman–Crippen MR) is 82.7 cm³/mol. The van der Waals surface area contributed by atoms with E-state index in [4.69, 9.17) is 11.6 Å². The Bertz CT molecular complexity index is 643. The Kier molecular flexibility index (Phi) is 5.68. The topological polar surface area (TPSA) is 72.7 Å². The summed E-state index contributed by atoms with van der Waals surface area (Å²) in [5.41, 5.74) is 0.248. The predicted octanol–water partition coefficient (Wildman–Crippen LogP) is 2.34. The summed E-state index contributed by atoms with van der Waals surface area (Å²) in [6, 6.07) is 3.48. The molecule has 0 saturated carbocycles. The summed E-state index contributed by atoms with van der Waals surface area (Å²) in [7, 11) is 0. The molecule has 0 fully saturated rings. The third kappa shape index (κ3) is 4.53. The second-order valence-electron chi connectivity index (χ2n) is 4.66. The summed E-state index contributed by atoms with van der Waals surface area (Å²) in [5.74, 6) is 0.361. The van der Waals surface area contributed by atoms with Gasteiger partial charge in [0.15, 0.2) is 0 Å². The summed E-state index contributed by atoms with van der Waals surface area (Å²) in [6.45, 7) is 3.17. The van der Waals surface area contributed by atoms with Gasteiger partial charge in [-0.25, -0.2) is 9.78 Å². The lowest BCUT2D eigenvalue weighted by atomic mass is 10.2. The van der Waals surface area contributed by atoms with Crippen molar-refractivity contribution in [3.8, 4) is 0 Å². The standard InChI is InChI=1S/C14H18ClN5O/c1-2-3-4-7-17-13-18-10-20(14(21)19-13)9-12-11(15)6-5-8-16-12/h5-6,8,10H,2-4,7,9H2,1H3,(H,17,19,21). The van der Waals surface area contributed by atoms with Gasteiger partial charge in [0.25, 0.3) is 0 Å². The van der Waals surface area contributed by atoms with Gasteiger partial charge in [0.1, 0.15) is 6.33 Å². The van der Waals surface area contributed by atoms with Crippen molar-refractivity contribution in [2.24, 2.45) is 0 Å². The fourth-order valence-corrected chi connectivity index (χ4v) is 2.00. The smallest absolute Gasteiger partial charge is 0.352 e. The van der Waals surface area contributed by atoms with Crippen LogP contribution in [-0.4, -0.2) is 26.1 Å². The molecule has 0 aliphatic heterocycles. The van der Waals surface area contributed by atoms with Crippen LogP contribution in [0.4, 0.5) is 5.95 Å². The van der Waals surface area contributed by atoms with E-state index in [1.165, 1.54) is 10.9 Å². The molecule has 2 aromatic heterocycles. The van der Waals surface area contributed by atoms with Crippen LogP contribution in [0.1, 0.15) is 31.9 Å². The summed E-state index contributed by atoms with van der Waals surface area (Å²) in [6.07, 6.45) is 6.42. The lowest BCUT2D eigenvalue weighted by molar-refractivity contribution is 0.683. The Hall–Kier alpha value is -1.95. The molecule has 0 saturated heterocycles. The molecule has 112 valence electrons. The molecule has 1 N–H and O–H groups in total. The van der Waals surface area contributed by atoms with Gasteiger partial charge in [-0.3, -0.25) is 9.55 Å². The van der Waals surface area contributed by atoms with Crippen molar-refractivity contribution in [2.45, 2.75) is 32.7 Å². The first-order valence-electron chi connectivity index (χ1n) is 6.97. The molecule has 0 atom stereocenters. The Morgan fingerprint density at radius 1 is 1.33 bits per heavy atom. The van der Waals surface area contributed by atoms with Gasteiger partial charge >= 0.3 is 5.69 Å². The molecule has 0 aliphatic rings. The second-order valence-corrected chi connectivity index (χ2v) is 5.06. The third-order valence-electron chi connectivity index (χ3n) is 2.98. The number of halogens is 1. The first-order valence-corrected chi connectivity index (χ1v) is 7.35. The normalized spacial score (nSPS) is 10.6. The highest BCUT2D eigenvalue weighted by Crippen LogP contribution is 2.12. The zero-order valence-corrected chi connectivity index (χ0v) is 12.7. The van der Waals surface area contributed by atoms with Crippen molar-refractivity contribution < 1.29 is 0 Å². The van der Waals surface area contributed by atoms with Crippen LogP contribution in [-0.2, 0) is 6.54 Å². The maximum atomic E-state index is 11.9. The van der Waals surface area contributed by atoms with E-state index in [-0.39, 0.29) is 12.2 Å².